The largest absolute Gasteiger partial charge is 0.390 e. The molecule has 0 saturated heterocycles. The fraction of sp³-hybridized carbons (Fsp3) is 0.867. The van der Waals surface area contributed by atoms with Crippen LogP contribution in [0.1, 0.15) is 59.8 Å². The van der Waals surface area contributed by atoms with Crippen LogP contribution in [0.2, 0.25) is 0 Å². The first-order chi connectivity index (χ1) is 8.13. The lowest BCUT2D eigenvalue weighted by Gasteiger charge is -2.36. The van der Waals surface area contributed by atoms with Crippen LogP contribution in [0.25, 0.3) is 0 Å². The van der Waals surface area contributed by atoms with Crippen LogP contribution >= 0.6 is 0 Å². The molecule has 3 nitrogen and oxygen atoms in total. The maximum Gasteiger partial charge on any atom is 0.0849 e. The normalized spacial score (nSPS) is 26.4. The lowest BCUT2D eigenvalue weighted by molar-refractivity contribution is -0.0733. The minimum Gasteiger partial charge on any atom is -0.390 e. The van der Waals surface area contributed by atoms with Crippen molar-refractivity contribution in [1.29, 1.82) is 0 Å². The molecule has 3 N–H and O–H groups in total. The summed E-state index contributed by atoms with van der Waals surface area (Å²) in [6, 6.07) is 0. The van der Waals surface area contributed by atoms with E-state index in [1.807, 2.05) is 6.92 Å². The van der Waals surface area contributed by atoms with Gasteiger partial charge in [0, 0.05) is 0 Å². The van der Waals surface area contributed by atoms with E-state index in [4.69, 9.17) is 0 Å². The number of hydrogen-bond acceptors (Lipinski definition) is 3. The molecule has 0 fully saturated rings. The van der Waals surface area contributed by atoms with Crippen LogP contribution in [0, 0.1) is 5.92 Å². The monoisotopic (exact) mass is 256 g/mol. The Labute approximate surface area is 111 Å². The topological polar surface area (TPSA) is 60.7 Å². The third-order valence-corrected chi connectivity index (χ3v) is 4.26. The van der Waals surface area contributed by atoms with Crippen LogP contribution in [-0.2, 0) is 0 Å². The molecule has 106 valence electrons. The van der Waals surface area contributed by atoms with E-state index in [0.29, 0.717) is 12.8 Å². The zero-order valence-electron chi connectivity index (χ0n) is 12.1. The summed E-state index contributed by atoms with van der Waals surface area (Å²) in [5, 5.41) is 30.0. The van der Waals surface area contributed by atoms with E-state index in [9.17, 15) is 15.3 Å². The van der Waals surface area contributed by atoms with Crippen molar-refractivity contribution in [2.45, 2.75) is 77.1 Å². The summed E-state index contributed by atoms with van der Waals surface area (Å²) in [4.78, 5) is 0. The van der Waals surface area contributed by atoms with Gasteiger partial charge < -0.3 is 15.3 Å². The van der Waals surface area contributed by atoms with Crippen molar-refractivity contribution in [2.24, 2.45) is 5.92 Å². The number of aliphatic hydroxyl groups is 3. The van der Waals surface area contributed by atoms with Gasteiger partial charge >= 0.3 is 0 Å². The molecule has 18 heavy (non-hydrogen) atoms. The highest BCUT2D eigenvalue weighted by Crippen LogP contribution is 2.35. The van der Waals surface area contributed by atoms with E-state index in [1.165, 1.54) is 5.57 Å². The average molecular weight is 256 g/mol. The molecule has 0 aromatic carbocycles. The standard InChI is InChI=1S/C15H28O3/c1-11-5-7-12(8-6-11)15(4,18)10-9-13(16)14(2,3)17/h5,12-13,16-18H,6-10H2,1-4H3/t12-,13-,15+/m0/s1. The summed E-state index contributed by atoms with van der Waals surface area (Å²) in [7, 11) is 0. The zero-order chi connectivity index (χ0) is 14.0. The molecule has 0 radical (unpaired) electrons. The van der Waals surface area contributed by atoms with E-state index in [1.54, 1.807) is 13.8 Å². The van der Waals surface area contributed by atoms with E-state index in [2.05, 4.69) is 13.0 Å². The van der Waals surface area contributed by atoms with Crippen LogP contribution in [-0.4, -0.2) is 32.6 Å². The lowest BCUT2D eigenvalue weighted by atomic mass is 9.75. The van der Waals surface area contributed by atoms with Crippen molar-refractivity contribution in [2.75, 3.05) is 0 Å². The third kappa shape index (κ3) is 4.38. The Balaban J connectivity index is 2.50. The van der Waals surface area contributed by atoms with Gasteiger partial charge in [0.05, 0.1) is 17.3 Å². The molecular formula is C15H28O3. The Morgan fingerprint density at radius 1 is 1.33 bits per heavy atom. The van der Waals surface area contributed by atoms with Gasteiger partial charge in [-0.25, -0.2) is 0 Å². The van der Waals surface area contributed by atoms with E-state index in [0.717, 1.165) is 19.3 Å². The van der Waals surface area contributed by atoms with Crippen molar-refractivity contribution < 1.29 is 15.3 Å². The van der Waals surface area contributed by atoms with Crippen LogP contribution < -0.4 is 0 Å². The summed E-state index contributed by atoms with van der Waals surface area (Å²) in [6.45, 7) is 7.17. The molecule has 3 heteroatoms. The Morgan fingerprint density at radius 3 is 2.39 bits per heavy atom. The summed E-state index contributed by atoms with van der Waals surface area (Å²) >= 11 is 0. The first-order valence-corrected chi connectivity index (χ1v) is 6.91. The summed E-state index contributed by atoms with van der Waals surface area (Å²) < 4.78 is 0. The van der Waals surface area contributed by atoms with Gasteiger partial charge in [-0.3, -0.25) is 0 Å². The molecule has 1 rings (SSSR count). The van der Waals surface area contributed by atoms with Crippen molar-refractivity contribution in [1.82, 2.24) is 0 Å². The van der Waals surface area contributed by atoms with E-state index >= 15 is 0 Å². The minimum atomic E-state index is -1.10. The number of aliphatic hydroxyl groups excluding tert-OH is 1. The first-order valence-electron chi connectivity index (χ1n) is 6.91. The quantitative estimate of drug-likeness (QED) is 0.662. The van der Waals surface area contributed by atoms with Crippen LogP contribution in [0.15, 0.2) is 11.6 Å². The molecule has 0 spiro atoms. The van der Waals surface area contributed by atoms with Gasteiger partial charge in [0.15, 0.2) is 0 Å². The molecule has 0 aliphatic heterocycles. The molecule has 0 saturated carbocycles. The van der Waals surface area contributed by atoms with Gasteiger partial charge in [-0.1, -0.05) is 11.6 Å². The molecule has 0 amide bonds. The molecule has 0 aromatic rings. The lowest BCUT2D eigenvalue weighted by Crippen LogP contribution is -2.40. The van der Waals surface area contributed by atoms with Crippen molar-refractivity contribution in [3.05, 3.63) is 11.6 Å². The molecule has 1 aliphatic rings. The minimum absolute atomic E-state index is 0.259. The highest BCUT2D eigenvalue weighted by molar-refractivity contribution is 5.05. The Hall–Kier alpha value is -0.380. The fourth-order valence-corrected chi connectivity index (χ4v) is 2.52. The predicted molar refractivity (Wildman–Crippen MR) is 73.3 cm³/mol. The maximum absolute atomic E-state index is 10.5. The predicted octanol–water partition coefficient (Wildman–Crippen LogP) is 2.40. The van der Waals surface area contributed by atoms with Gasteiger partial charge in [0.25, 0.3) is 0 Å². The highest BCUT2D eigenvalue weighted by Gasteiger charge is 2.34. The Bertz CT molecular complexity index is 299. The average Bonchev–Trinajstić information content (AvgIpc) is 2.25. The maximum atomic E-state index is 10.5. The summed E-state index contributed by atoms with van der Waals surface area (Å²) in [5.41, 5.74) is -0.457. The molecule has 0 aromatic heterocycles. The van der Waals surface area contributed by atoms with E-state index < -0.39 is 17.3 Å². The molecular weight excluding hydrogens is 228 g/mol. The second kappa shape index (κ2) is 5.72. The van der Waals surface area contributed by atoms with Crippen molar-refractivity contribution in [3.8, 4) is 0 Å². The van der Waals surface area contributed by atoms with Gasteiger partial charge in [0.1, 0.15) is 0 Å². The van der Waals surface area contributed by atoms with Crippen LogP contribution in [0.3, 0.4) is 0 Å². The van der Waals surface area contributed by atoms with Crippen molar-refractivity contribution >= 4 is 0 Å². The number of hydrogen-bond donors (Lipinski definition) is 3. The van der Waals surface area contributed by atoms with E-state index in [-0.39, 0.29) is 5.92 Å². The molecule has 0 unspecified atom stereocenters. The Morgan fingerprint density at radius 2 is 1.94 bits per heavy atom. The van der Waals surface area contributed by atoms with Gasteiger partial charge in [-0.05, 0) is 65.7 Å². The third-order valence-electron chi connectivity index (χ3n) is 4.26. The summed E-state index contributed by atoms with van der Waals surface area (Å²) in [6.07, 6.45) is 5.34. The SMILES string of the molecule is CC1=CC[C@H]([C@](C)(O)CC[C@H](O)C(C)(C)O)CC1. The zero-order valence-corrected chi connectivity index (χ0v) is 12.1. The smallest absolute Gasteiger partial charge is 0.0849 e. The van der Waals surface area contributed by atoms with Gasteiger partial charge in [0.2, 0.25) is 0 Å². The van der Waals surface area contributed by atoms with Gasteiger partial charge in [-0.2, -0.15) is 0 Å². The molecule has 1 aliphatic carbocycles. The number of rotatable bonds is 5. The molecule has 0 bridgehead atoms. The van der Waals surface area contributed by atoms with Crippen LogP contribution in [0.4, 0.5) is 0 Å². The fourth-order valence-electron chi connectivity index (χ4n) is 2.52. The second-order valence-corrected chi connectivity index (χ2v) is 6.59. The molecule has 3 atom stereocenters. The Kier molecular flexibility index (Phi) is 4.98. The second-order valence-electron chi connectivity index (χ2n) is 6.59. The van der Waals surface area contributed by atoms with Crippen LogP contribution in [0.5, 0.6) is 0 Å². The molecule has 0 heterocycles. The van der Waals surface area contributed by atoms with Crippen molar-refractivity contribution in [3.63, 3.8) is 0 Å². The summed E-state index contributed by atoms with van der Waals surface area (Å²) in [5.74, 6) is 0.259. The highest BCUT2D eigenvalue weighted by atomic mass is 16.3. The van der Waals surface area contributed by atoms with Gasteiger partial charge in [-0.15, -0.1) is 0 Å². The first kappa shape index (κ1) is 15.7. The number of allylic oxidation sites excluding steroid dienone is 2.